The van der Waals surface area contributed by atoms with Crippen LogP contribution in [0.5, 0.6) is 0 Å². The Labute approximate surface area is 155 Å². The fraction of sp³-hybridized carbons (Fsp3) is 0.158. The number of rotatable bonds is 5. The van der Waals surface area contributed by atoms with Gasteiger partial charge in [-0.3, -0.25) is 4.98 Å². The van der Waals surface area contributed by atoms with Gasteiger partial charge in [0.15, 0.2) is 0 Å². The van der Waals surface area contributed by atoms with E-state index in [0.717, 1.165) is 32.5 Å². The molecule has 1 aromatic carbocycles. The van der Waals surface area contributed by atoms with E-state index in [1.54, 1.807) is 17.5 Å². The van der Waals surface area contributed by atoms with Crippen molar-refractivity contribution in [1.29, 1.82) is 0 Å². The van der Waals surface area contributed by atoms with E-state index in [1.165, 1.54) is 0 Å². The van der Waals surface area contributed by atoms with Crippen LogP contribution in [0.25, 0.3) is 11.0 Å². The fourth-order valence-corrected chi connectivity index (χ4v) is 3.25. The van der Waals surface area contributed by atoms with Gasteiger partial charge in [0.1, 0.15) is 16.3 Å². The van der Waals surface area contributed by atoms with Crippen LogP contribution in [0.15, 0.2) is 54.7 Å². The molecule has 4 aromatic rings. The van der Waals surface area contributed by atoms with Crippen molar-refractivity contribution >= 4 is 44.7 Å². The number of aromatic nitrogens is 4. The van der Waals surface area contributed by atoms with Crippen LogP contribution in [0, 0.1) is 0 Å². The summed E-state index contributed by atoms with van der Waals surface area (Å²) >= 11 is 1.54. The summed E-state index contributed by atoms with van der Waals surface area (Å²) in [7, 11) is 0. The maximum atomic E-state index is 4.72. The summed E-state index contributed by atoms with van der Waals surface area (Å²) in [4.78, 5) is 9.13. The zero-order chi connectivity index (χ0) is 17.9. The molecule has 0 bridgehead atoms. The van der Waals surface area contributed by atoms with Crippen LogP contribution in [0.3, 0.4) is 0 Å². The zero-order valence-corrected chi connectivity index (χ0v) is 15.3. The minimum atomic E-state index is 0.360. The van der Waals surface area contributed by atoms with Crippen molar-refractivity contribution in [2.75, 3.05) is 10.6 Å². The summed E-state index contributed by atoms with van der Waals surface area (Å²) < 4.78 is 0. The largest absolute Gasteiger partial charge is 0.354 e. The molecule has 3 aromatic heterocycles. The molecule has 26 heavy (non-hydrogen) atoms. The van der Waals surface area contributed by atoms with Crippen LogP contribution < -0.4 is 10.6 Å². The molecule has 0 fully saturated rings. The molecule has 6 nitrogen and oxygen atoms in total. The fourth-order valence-electron chi connectivity index (χ4n) is 2.50. The van der Waals surface area contributed by atoms with Crippen LogP contribution in [0.4, 0.5) is 22.3 Å². The summed E-state index contributed by atoms with van der Waals surface area (Å²) in [6.45, 7) is 4.21. The number of hydrogen-bond acceptors (Lipinski definition) is 7. The molecule has 3 heterocycles. The topological polar surface area (TPSA) is 75.6 Å². The van der Waals surface area contributed by atoms with Crippen LogP contribution in [0.2, 0.25) is 0 Å². The number of fused-ring (bicyclic) bond motifs is 1. The molecule has 130 valence electrons. The van der Waals surface area contributed by atoms with Gasteiger partial charge in [0.2, 0.25) is 5.13 Å². The molecule has 0 spiro atoms. The number of hydrogen-bond donors (Lipinski definition) is 2. The van der Waals surface area contributed by atoms with E-state index in [2.05, 4.69) is 39.7 Å². The van der Waals surface area contributed by atoms with Gasteiger partial charge in [-0.05, 0) is 30.3 Å². The van der Waals surface area contributed by atoms with Gasteiger partial charge < -0.3 is 10.6 Å². The first-order valence-corrected chi connectivity index (χ1v) is 9.19. The van der Waals surface area contributed by atoms with Gasteiger partial charge >= 0.3 is 0 Å². The molecule has 4 rings (SSSR count). The number of nitrogens with zero attached hydrogens (tertiary/aromatic N) is 4. The summed E-state index contributed by atoms with van der Waals surface area (Å²) in [6, 6.07) is 15.8. The molecule has 0 amide bonds. The van der Waals surface area contributed by atoms with Crippen molar-refractivity contribution in [3.05, 3.63) is 59.7 Å². The maximum absolute atomic E-state index is 4.72. The van der Waals surface area contributed by atoms with Gasteiger partial charge in [0, 0.05) is 17.8 Å². The quantitative estimate of drug-likeness (QED) is 0.515. The lowest BCUT2D eigenvalue weighted by atomic mass is 10.2. The molecule has 0 saturated carbocycles. The van der Waals surface area contributed by atoms with Crippen LogP contribution in [-0.4, -0.2) is 20.2 Å². The summed E-state index contributed by atoms with van der Waals surface area (Å²) in [5.41, 5.74) is 3.54. The second-order valence-corrected chi connectivity index (χ2v) is 7.15. The molecular formula is C19H18N6S. The number of nitrogens with one attached hydrogen (secondary N) is 2. The monoisotopic (exact) mass is 362 g/mol. The van der Waals surface area contributed by atoms with E-state index >= 15 is 0 Å². The Bertz CT molecular complexity index is 1030. The molecule has 2 N–H and O–H groups in total. The second-order valence-electron chi connectivity index (χ2n) is 6.14. The molecule has 0 radical (unpaired) electrons. The minimum absolute atomic E-state index is 0.360. The lowest BCUT2D eigenvalue weighted by molar-refractivity contribution is 0.825. The minimum Gasteiger partial charge on any atom is -0.354 e. The normalized spacial score (nSPS) is 11.0. The number of pyridine rings is 2. The van der Waals surface area contributed by atoms with Gasteiger partial charge in [-0.25, -0.2) is 4.98 Å². The SMILES string of the molecule is CC(C)c1nnc(Nc2ccc3nccc(Nc4ccccc4)c3n2)s1. The van der Waals surface area contributed by atoms with Gasteiger partial charge in [0.05, 0.1) is 11.2 Å². The summed E-state index contributed by atoms with van der Waals surface area (Å²) in [6.07, 6.45) is 1.78. The third-order valence-corrected chi connectivity index (χ3v) is 4.95. The molecule has 0 aliphatic heterocycles. The van der Waals surface area contributed by atoms with Gasteiger partial charge in [0.25, 0.3) is 0 Å². The lowest BCUT2D eigenvalue weighted by Gasteiger charge is -2.10. The second kappa shape index (κ2) is 7.05. The van der Waals surface area contributed by atoms with Crippen molar-refractivity contribution in [1.82, 2.24) is 20.2 Å². The van der Waals surface area contributed by atoms with E-state index in [9.17, 15) is 0 Å². The molecule has 0 aliphatic rings. The van der Waals surface area contributed by atoms with Gasteiger partial charge in [-0.1, -0.05) is 43.4 Å². The Morgan fingerprint density at radius 2 is 1.77 bits per heavy atom. The van der Waals surface area contributed by atoms with Gasteiger partial charge in [-0.2, -0.15) is 0 Å². The summed E-state index contributed by atoms with van der Waals surface area (Å²) in [5.74, 6) is 1.08. The highest BCUT2D eigenvalue weighted by Gasteiger charge is 2.10. The Hall–Kier alpha value is -3.06. The smallest absolute Gasteiger partial charge is 0.211 e. The van der Waals surface area contributed by atoms with Crippen molar-refractivity contribution in [2.45, 2.75) is 19.8 Å². The molecule has 7 heteroatoms. The highest BCUT2D eigenvalue weighted by molar-refractivity contribution is 7.15. The number of para-hydroxylation sites is 1. The van der Waals surface area contributed by atoms with E-state index in [0.29, 0.717) is 11.7 Å². The first kappa shape index (κ1) is 16.4. The van der Waals surface area contributed by atoms with E-state index < -0.39 is 0 Å². The molecular weight excluding hydrogens is 344 g/mol. The van der Waals surface area contributed by atoms with Crippen molar-refractivity contribution < 1.29 is 0 Å². The average Bonchev–Trinajstić information content (AvgIpc) is 3.12. The predicted molar refractivity (Wildman–Crippen MR) is 107 cm³/mol. The number of benzene rings is 1. The van der Waals surface area contributed by atoms with E-state index in [1.807, 2.05) is 48.5 Å². The Balaban J connectivity index is 1.65. The summed E-state index contributed by atoms with van der Waals surface area (Å²) in [5, 5.41) is 16.8. The predicted octanol–water partition coefficient (Wildman–Crippen LogP) is 5.09. The van der Waals surface area contributed by atoms with Crippen molar-refractivity contribution in [3.8, 4) is 0 Å². The van der Waals surface area contributed by atoms with E-state index in [4.69, 9.17) is 4.98 Å². The Morgan fingerprint density at radius 3 is 2.54 bits per heavy atom. The highest BCUT2D eigenvalue weighted by atomic mass is 32.1. The molecule has 0 atom stereocenters. The maximum Gasteiger partial charge on any atom is 0.211 e. The Morgan fingerprint density at radius 1 is 0.923 bits per heavy atom. The molecule has 0 saturated heterocycles. The first-order chi connectivity index (χ1) is 12.7. The third kappa shape index (κ3) is 3.48. The van der Waals surface area contributed by atoms with Crippen LogP contribution >= 0.6 is 11.3 Å². The lowest BCUT2D eigenvalue weighted by Crippen LogP contribution is -1.97. The van der Waals surface area contributed by atoms with Crippen LogP contribution in [0.1, 0.15) is 24.8 Å². The molecule has 0 unspecified atom stereocenters. The third-order valence-electron chi connectivity index (χ3n) is 3.81. The zero-order valence-electron chi connectivity index (χ0n) is 14.5. The highest BCUT2D eigenvalue weighted by Crippen LogP contribution is 2.28. The first-order valence-electron chi connectivity index (χ1n) is 8.37. The number of anilines is 4. The molecule has 0 aliphatic carbocycles. The van der Waals surface area contributed by atoms with Crippen molar-refractivity contribution in [2.24, 2.45) is 0 Å². The average molecular weight is 362 g/mol. The Kier molecular flexibility index (Phi) is 4.45. The van der Waals surface area contributed by atoms with Gasteiger partial charge in [-0.15, -0.1) is 10.2 Å². The van der Waals surface area contributed by atoms with Crippen molar-refractivity contribution in [3.63, 3.8) is 0 Å². The van der Waals surface area contributed by atoms with E-state index in [-0.39, 0.29) is 0 Å². The standard InChI is InChI=1S/C19H18N6S/c1-12(2)18-24-25-19(26-18)23-16-9-8-14-17(22-16)15(10-11-20-14)21-13-6-4-3-5-7-13/h3-12H,1-2H3,(H,20,21)(H,22,23,25). The van der Waals surface area contributed by atoms with Crippen LogP contribution in [-0.2, 0) is 0 Å².